The molecule has 0 aliphatic rings. The second kappa shape index (κ2) is 6.53. The SMILES string of the molecule is CC(=O)N(C)c1ccc(Cl)c(COc2cccn3cc(C)nc23)c1. The Balaban J connectivity index is 1.85. The summed E-state index contributed by atoms with van der Waals surface area (Å²) < 4.78 is 7.85. The maximum Gasteiger partial charge on any atom is 0.223 e. The Bertz CT molecular complexity index is 904. The number of carbonyl (C=O) groups is 1. The Morgan fingerprint density at radius 1 is 1.38 bits per heavy atom. The minimum atomic E-state index is -0.0400. The summed E-state index contributed by atoms with van der Waals surface area (Å²) in [6.07, 6.45) is 3.87. The van der Waals surface area contributed by atoms with Crippen LogP contribution in [0.4, 0.5) is 5.69 Å². The number of amides is 1. The smallest absolute Gasteiger partial charge is 0.223 e. The Labute approximate surface area is 145 Å². The van der Waals surface area contributed by atoms with E-state index in [4.69, 9.17) is 16.3 Å². The maximum atomic E-state index is 11.5. The number of carbonyl (C=O) groups excluding carboxylic acids is 1. The molecule has 0 fully saturated rings. The third kappa shape index (κ3) is 3.21. The fraction of sp³-hybridized carbons (Fsp3) is 0.222. The van der Waals surface area contributed by atoms with Crippen molar-refractivity contribution in [2.45, 2.75) is 20.5 Å². The lowest BCUT2D eigenvalue weighted by Gasteiger charge is -2.17. The van der Waals surface area contributed by atoms with E-state index in [2.05, 4.69) is 4.98 Å². The lowest BCUT2D eigenvalue weighted by atomic mass is 10.2. The van der Waals surface area contributed by atoms with Crippen LogP contribution in [0.25, 0.3) is 5.65 Å². The molecule has 24 heavy (non-hydrogen) atoms. The van der Waals surface area contributed by atoms with Crippen LogP contribution in [0.15, 0.2) is 42.7 Å². The highest BCUT2D eigenvalue weighted by Gasteiger charge is 2.11. The van der Waals surface area contributed by atoms with E-state index in [1.807, 2.05) is 48.0 Å². The minimum absolute atomic E-state index is 0.0400. The van der Waals surface area contributed by atoms with Crippen LogP contribution < -0.4 is 9.64 Å². The molecular formula is C18H18ClN3O2. The van der Waals surface area contributed by atoms with E-state index in [0.29, 0.717) is 17.4 Å². The van der Waals surface area contributed by atoms with Crippen molar-refractivity contribution in [3.8, 4) is 5.75 Å². The molecule has 0 radical (unpaired) electrons. The van der Waals surface area contributed by atoms with Gasteiger partial charge in [0.1, 0.15) is 6.61 Å². The Morgan fingerprint density at radius 2 is 2.17 bits per heavy atom. The summed E-state index contributed by atoms with van der Waals surface area (Å²) in [5, 5.41) is 0.599. The lowest BCUT2D eigenvalue weighted by Crippen LogP contribution is -2.22. The van der Waals surface area contributed by atoms with Crippen molar-refractivity contribution in [2.24, 2.45) is 0 Å². The molecule has 0 aliphatic heterocycles. The average Bonchev–Trinajstić information content (AvgIpc) is 2.94. The van der Waals surface area contributed by atoms with Crippen molar-refractivity contribution < 1.29 is 9.53 Å². The van der Waals surface area contributed by atoms with Gasteiger partial charge >= 0.3 is 0 Å². The number of halogens is 1. The van der Waals surface area contributed by atoms with Crippen LogP contribution in [0, 0.1) is 6.92 Å². The van der Waals surface area contributed by atoms with Gasteiger partial charge in [-0.2, -0.15) is 0 Å². The molecule has 3 aromatic rings. The molecule has 0 N–H and O–H groups in total. The van der Waals surface area contributed by atoms with Gasteiger partial charge in [-0.15, -0.1) is 0 Å². The van der Waals surface area contributed by atoms with Gasteiger partial charge in [0.15, 0.2) is 11.4 Å². The normalized spacial score (nSPS) is 10.8. The van der Waals surface area contributed by atoms with Crippen LogP contribution in [0.2, 0.25) is 5.02 Å². The van der Waals surface area contributed by atoms with Gasteiger partial charge in [0.05, 0.1) is 5.69 Å². The molecule has 1 aromatic carbocycles. The number of fused-ring (bicyclic) bond motifs is 1. The van der Waals surface area contributed by atoms with Gasteiger partial charge in [0.25, 0.3) is 0 Å². The zero-order chi connectivity index (χ0) is 17.3. The molecule has 2 aromatic heterocycles. The van der Waals surface area contributed by atoms with E-state index in [1.54, 1.807) is 18.0 Å². The third-order valence-corrected chi connectivity index (χ3v) is 4.21. The number of anilines is 1. The standard InChI is InChI=1S/C18H18ClN3O2/c1-12-10-22-8-4-5-17(18(22)20-12)24-11-14-9-15(6-7-16(14)19)21(3)13(2)23/h4-10H,11H2,1-3H3. The summed E-state index contributed by atoms with van der Waals surface area (Å²) in [5.41, 5.74) is 3.28. The Kier molecular flexibility index (Phi) is 4.44. The second-order valence-corrected chi connectivity index (χ2v) is 6.04. The summed E-state index contributed by atoms with van der Waals surface area (Å²) in [6.45, 7) is 3.75. The molecule has 5 nitrogen and oxygen atoms in total. The number of aryl methyl sites for hydroxylation is 1. The van der Waals surface area contributed by atoms with Gasteiger partial charge in [0.2, 0.25) is 5.91 Å². The first-order valence-corrected chi connectivity index (χ1v) is 7.93. The van der Waals surface area contributed by atoms with Gasteiger partial charge in [-0.1, -0.05) is 11.6 Å². The molecule has 0 spiro atoms. The molecule has 6 heteroatoms. The van der Waals surface area contributed by atoms with Crippen molar-refractivity contribution in [3.63, 3.8) is 0 Å². The molecule has 0 atom stereocenters. The number of benzene rings is 1. The predicted molar refractivity (Wildman–Crippen MR) is 94.8 cm³/mol. The van der Waals surface area contributed by atoms with Crippen LogP contribution >= 0.6 is 11.6 Å². The quantitative estimate of drug-likeness (QED) is 0.722. The first-order valence-electron chi connectivity index (χ1n) is 7.55. The predicted octanol–water partition coefficient (Wildman–Crippen LogP) is 3.86. The van der Waals surface area contributed by atoms with Crippen LogP contribution in [0.3, 0.4) is 0 Å². The molecule has 3 rings (SSSR count). The molecule has 0 aliphatic carbocycles. The molecule has 0 saturated carbocycles. The largest absolute Gasteiger partial charge is 0.485 e. The van der Waals surface area contributed by atoms with Crippen LogP contribution in [0.1, 0.15) is 18.2 Å². The molecule has 0 saturated heterocycles. The van der Waals surface area contributed by atoms with Crippen molar-refractivity contribution in [2.75, 3.05) is 11.9 Å². The zero-order valence-electron chi connectivity index (χ0n) is 13.8. The number of ether oxygens (including phenoxy) is 1. The summed E-state index contributed by atoms with van der Waals surface area (Å²) in [7, 11) is 1.73. The van der Waals surface area contributed by atoms with Crippen molar-refractivity contribution in [1.82, 2.24) is 9.38 Å². The van der Waals surface area contributed by atoms with Crippen LogP contribution in [0.5, 0.6) is 5.75 Å². The lowest BCUT2D eigenvalue weighted by molar-refractivity contribution is -0.116. The van der Waals surface area contributed by atoms with E-state index in [9.17, 15) is 4.79 Å². The second-order valence-electron chi connectivity index (χ2n) is 5.63. The third-order valence-electron chi connectivity index (χ3n) is 3.84. The molecule has 0 unspecified atom stereocenters. The van der Waals surface area contributed by atoms with Gasteiger partial charge in [0, 0.05) is 42.6 Å². The highest BCUT2D eigenvalue weighted by molar-refractivity contribution is 6.31. The fourth-order valence-corrected chi connectivity index (χ4v) is 2.61. The number of aromatic nitrogens is 2. The monoisotopic (exact) mass is 343 g/mol. The minimum Gasteiger partial charge on any atom is -0.485 e. The number of hydrogen-bond donors (Lipinski definition) is 0. The molecule has 2 heterocycles. The van der Waals surface area contributed by atoms with Crippen LogP contribution in [-0.4, -0.2) is 22.3 Å². The van der Waals surface area contributed by atoms with E-state index in [1.165, 1.54) is 6.92 Å². The van der Waals surface area contributed by atoms with Gasteiger partial charge in [-0.3, -0.25) is 4.79 Å². The first-order chi connectivity index (χ1) is 11.5. The number of rotatable bonds is 4. The molecule has 0 bridgehead atoms. The van der Waals surface area contributed by atoms with Gasteiger partial charge < -0.3 is 14.0 Å². The maximum absolute atomic E-state index is 11.5. The molecule has 124 valence electrons. The first kappa shape index (κ1) is 16.3. The van der Waals surface area contributed by atoms with Gasteiger partial charge in [-0.25, -0.2) is 4.98 Å². The van der Waals surface area contributed by atoms with Crippen molar-refractivity contribution in [1.29, 1.82) is 0 Å². The highest BCUT2D eigenvalue weighted by atomic mass is 35.5. The topological polar surface area (TPSA) is 46.8 Å². The number of pyridine rings is 1. The van der Waals surface area contributed by atoms with E-state index in [0.717, 1.165) is 22.6 Å². The van der Waals surface area contributed by atoms with Gasteiger partial charge in [-0.05, 0) is 37.3 Å². The van der Waals surface area contributed by atoms with E-state index in [-0.39, 0.29) is 5.91 Å². The Hall–Kier alpha value is -2.53. The van der Waals surface area contributed by atoms with Crippen molar-refractivity contribution >= 4 is 28.8 Å². The van der Waals surface area contributed by atoms with E-state index >= 15 is 0 Å². The number of imidazole rings is 1. The fourth-order valence-electron chi connectivity index (χ4n) is 2.44. The summed E-state index contributed by atoms with van der Waals surface area (Å²) in [4.78, 5) is 17.6. The summed E-state index contributed by atoms with van der Waals surface area (Å²) in [5.74, 6) is 0.647. The zero-order valence-corrected chi connectivity index (χ0v) is 14.5. The number of nitrogens with zero attached hydrogens (tertiary/aromatic N) is 3. The average molecular weight is 344 g/mol. The van der Waals surface area contributed by atoms with Crippen LogP contribution in [-0.2, 0) is 11.4 Å². The molecule has 1 amide bonds. The summed E-state index contributed by atoms with van der Waals surface area (Å²) >= 11 is 6.26. The Morgan fingerprint density at radius 3 is 2.92 bits per heavy atom. The highest BCUT2D eigenvalue weighted by Crippen LogP contribution is 2.26. The number of hydrogen-bond acceptors (Lipinski definition) is 3. The van der Waals surface area contributed by atoms with E-state index < -0.39 is 0 Å². The molecular weight excluding hydrogens is 326 g/mol. The summed E-state index contributed by atoms with van der Waals surface area (Å²) in [6, 6.07) is 9.23. The van der Waals surface area contributed by atoms with Crippen molar-refractivity contribution in [3.05, 3.63) is 59.0 Å².